The summed E-state index contributed by atoms with van der Waals surface area (Å²) in [5.41, 5.74) is 3.21. The van der Waals surface area contributed by atoms with Gasteiger partial charge in [-0.05, 0) is 44.2 Å². The van der Waals surface area contributed by atoms with E-state index in [9.17, 15) is 9.90 Å². The average molecular weight is 309 g/mol. The number of halogens is 1. The summed E-state index contributed by atoms with van der Waals surface area (Å²) < 4.78 is 0. The smallest absolute Gasteiger partial charge is 0.275 e. The first kappa shape index (κ1) is 14.6. The second kappa shape index (κ2) is 6.07. The summed E-state index contributed by atoms with van der Waals surface area (Å²) in [4.78, 5) is 14.1. The lowest BCUT2D eigenvalue weighted by Gasteiger charge is -2.04. The Morgan fingerprint density at radius 1 is 1.35 bits per heavy atom. The average Bonchev–Trinajstić information content (AvgIpc) is 2.85. The Bertz CT molecular complexity index is 680. The van der Waals surface area contributed by atoms with Gasteiger partial charge in [0.1, 0.15) is 5.75 Å². The van der Waals surface area contributed by atoms with Gasteiger partial charge in [0.15, 0.2) is 0 Å². The van der Waals surface area contributed by atoms with Crippen molar-refractivity contribution in [2.45, 2.75) is 13.8 Å². The number of nitrogens with zero attached hydrogens (tertiary/aromatic N) is 1. The summed E-state index contributed by atoms with van der Waals surface area (Å²) in [7, 11) is 0. The normalized spacial score (nSPS) is 11.4. The van der Waals surface area contributed by atoms with E-state index >= 15 is 0 Å². The van der Waals surface area contributed by atoms with E-state index in [0.717, 1.165) is 4.88 Å². The van der Waals surface area contributed by atoms with E-state index in [-0.39, 0.29) is 11.3 Å². The number of aromatic hydroxyl groups is 1. The molecule has 0 fully saturated rings. The van der Waals surface area contributed by atoms with Crippen LogP contribution >= 0.6 is 22.9 Å². The van der Waals surface area contributed by atoms with Crippen LogP contribution in [0.2, 0.25) is 5.02 Å². The van der Waals surface area contributed by atoms with Gasteiger partial charge in [0.2, 0.25) is 0 Å². The molecule has 0 atom stereocenters. The van der Waals surface area contributed by atoms with Crippen LogP contribution in [0.25, 0.3) is 0 Å². The lowest BCUT2D eigenvalue weighted by Crippen LogP contribution is -2.19. The molecule has 0 aliphatic carbocycles. The maximum absolute atomic E-state index is 11.9. The second-order valence-electron chi connectivity index (χ2n) is 4.21. The molecule has 0 aliphatic heterocycles. The van der Waals surface area contributed by atoms with Gasteiger partial charge < -0.3 is 5.11 Å². The molecule has 6 heteroatoms. The van der Waals surface area contributed by atoms with Crippen LogP contribution in [0.3, 0.4) is 0 Å². The minimum absolute atomic E-state index is 0.0939. The first-order chi connectivity index (χ1) is 9.47. The van der Waals surface area contributed by atoms with Crippen molar-refractivity contribution in [3.8, 4) is 5.75 Å². The SMILES string of the molecule is C/C(=N/NC(=O)c1cc(Cl)ccc1O)c1ccc(C)s1. The number of thiophene rings is 1. The zero-order valence-electron chi connectivity index (χ0n) is 11.0. The molecule has 2 N–H and O–H groups in total. The first-order valence-electron chi connectivity index (χ1n) is 5.87. The Hall–Kier alpha value is -1.85. The molecular formula is C14H13ClN2O2S. The van der Waals surface area contributed by atoms with Crippen LogP contribution in [0, 0.1) is 6.92 Å². The second-order valence-corrected chi connectivity index (χ2v) is 5.93. The molecule has 0 unspecified atom stereocenters. The number of benzene rings is 1. The van der Waals surface area contributed by atoms with Gasteiger partial charge in [-0.1, -0.05) is 11.6 Å². The van der Waals surface area contributed by atoms with E-state index in [0.29, 0.717) is 10.7 Å². The maximum Gasteiger partial charge on any atom is 0.275 e. The molecule has 0 aliphatic rings. The highest BCUT2D eigenvalue weighted by molar-refractivity contribution is 7.14. The standard InChI is InChI=1S/C14H13ClN2O2S/c1-8-3-6-13(20-8)9(2)16-17-14(19)11-7-10(15)4-5-12(11)18/h3-7,18H,1-2H3,(H,17,19)/b16-9-. The Balaban J connectivity index is 2.14. The van der Waals surface area contributed by atoms with Gasteiger partial charge in [-0.25, -0.2) is 5.43 Å². The van der Waals surface area contributed by atoms with Crippen LogP contribution in [0.1, 0.15) is 27.0 Å². The van der Waals surface area contributed by atoms with Crippen LogP contribution in [-0.2, 0) is 0 Å². The zero-order valence-corrected chi connectivity index (χ0v) is 12.5. The van der Waals surface area contributed by atoms with E-state index < -0.39 is 5.91 Å². The number of carbonyl (C=O) groups excluding carboxylic acids is 1. The van der Waals surface area contributed by atoms with Gasteiger partial charge in [-0.15, -0.1) is 11.3 Å². The number of phenolic OH excluding ortho intramolecular Hbond substituents is 1. The summed E-state index contributed by atoms with van der Waals surface area (Å²) in [6, 6.07) is 8.21. The van der Waals surface area contributed by atoms with Crippen molar-refractivity contribution in [2.75, 3.05) is 0 Å². The lowest BCUT2D eigenvalue weighted by molar-refractivity contribution is 0.0952. The van der Waals surface area contributed by atoms with Crippen molar-refractivity contribution in [2.24, 2.45) is 5.10 Å². The van der Waals surface area contributed by atoms with Crippen molar-refractivity contribution >= 4 is 34.6 Å². The highest BCUT2D eigenvalue weighted by atomic mass is 35.5. The van der Waals surface area contributed by atoms with Gasteiger partial charge in [0.05, 0.1) is 16.2 Å². The molecule has 20 heavy (non-hydrogen) atoms. The van der Waals surface area contributed by atoms with E-state index in [1.807, 2.05) is 26.0 Å². The molecule has 2 aromatic rings. The number of hydrogen-bond acceptors (Lipinski definition) is 4. The lowest BCUT2D eigenvalue weighted by atomic mass is 10.2. The number of phenols is 1. The minimum Gasteiger partial charge on any atom is -0.507 e. The quantitative estimate of drug-likeness (QED) is 0.672. The fourth-order valence-corrected chi connectivity index (χ4v) is 2.55. The molecule has 1 heterocycles. The summed E-state index contributed by atoms with van der Waals surface area (Å²) in [5, 5.41) is 14.0. The molecule has 0 spiro atoms. The van der Waals surface area contributed by atoms with Crippen LogP contribution < -0.4 is 5.43 Å². The number of amides is 1. The summed E-state index contributed by atoms with van der Waals surface area (Å²) in [5.74, 6) is -0.635. The van der Waals surface area contributed by atoms with Crippen molar-refractivity contribution in [1.29, 1.82) is 0 Å². The predicted octanol–water partition coefficient (Wildman–Crippen LogP) is 3.57. The van der Waals surface area contributed by atoms with Crippen LogP contribution in [0.5, 0.6) is 5.75 Å². The molecule has 1 amide bonds. The molecule has 4 nitrogen and oxygen atoms in total. The molecule has 0 bridgehead atoms. The number of hydrazone groups is 1. The fraction of sp³-hybridized carbons (Fsp3) is 0.143. The summed E-state index contributed by atoms with van der Waals surface area (Å²) in [6.07, 6.45) is 0. The van der Waals surface area contributed by atoms with E-state index in [2.05, 4.69) is 10.5 Å². The Kier molecular flexibility index (Phi) is 4.42. The van der Waals surface area contributed by atoms with Crippen molar-refractivity contribution < 1.29 is 9.90 Å². The van der Waals surface area contributed by atoms with Gasteiger partial charge in [-0.2, -0.15) is 5.10 Å². The zero-order chi connectivity index (χ0) is 14.7. The molecule has 0 saturated carbocycles. The number of rotatable bonds is 3. The van der Waals surface area contributed by atoms with Gasteiger partial charge >= 0.3 is 0 Å². The third-order valence-electron chi connectivity index (χ3n) is 2.63. The Morgan fingerprint density at radius 2 is 2.10 bits per heavy atom. The minimum atomic E-state index is -0.502. The maximum atomic E-state index is 11.9. The Labute approximate surface area is 125 Å². The van der Waals surface area contributed by atoms with Crippen molar-refractivity contribution in [3.05, 3.63) is 50.7 Å². The number of nitrogens with one attached hydrogen (secondary N) is 1. The number of carbonyl (C=O) groups is 1. The molecule has 0 saturated heterocycles. The molecule has 1 aromatic heterocycles. The molecular weight excluding hydrogens is 296 g/mol. The summed E-state index contributed by atoms with van der Waals surface area (Å²) in [6.45, 7) is 3.81. The fourth-order valence-electron chi connectivity index (χ4n) is 1.57. The predicted molar refractivity (Wildman–Crippen MR) is 81.9 cm³/mol. The third-order valence-corrected chi connectivity index (χ3v) is 3.97. The highest BCUT2D eigenvalue weighted by Crippen LogP contribution is 2.21. The largest absolute Gasteiger partial charge is 0.507 e. The third kappa shape index (κ3) is 3.37. The van der Waals surface area contributed by atoms with E-state index in [4.69, 9.17) is 11.6 Å². The van der Waals surface area contributed by atoms with Crippen molar-refractivity contribution in [1.82, 2.24) is 5.43 Å². The van der Waals surface area contributed by atoms with E-state index in [1.165, 1.54) is 23.1 Å². The topological polar surface area (TPSA) is 61.7 Å². The molecule has 1 aromatic carbocycles. The molecule has 2 rings (SSSR count). The molecule has 104 valence electrons. The van der Waals surface area contributed by atoms with Crippen LogP contribution in [0.4, 0.5) is 0 Å². The first-order valence-corrected chi connectivity index (χ1v) is 7.07. The van der Waals surface area contributed by atoms with Crippen molar-refractivity contribution in [3.63, 3.8) is 0 Å². The molecule has 0 radical (unpaired) electrons. The van der Waals surface area contributed by atoms with Gasteiger partial charge in [0.25, 0.3) is 5.91 Å². The summed E-state index contributed by atoms with van der Waals surface area (Å²) >= 11 is 7.39. The number of aryl methyl sites for hydroxylation is 1. The van der Waals surface area contributed by atoms with Crippen LogP contribution in [0.15, 0.2) is 35.4 Å². The van der Waals surface area contributed by atoms with Gasteiger partial charge in [0, 0.05) is 9.90 Å². The van der Waals surface area contributed by atoms with Gasteiger partial charge in [-0.3, -0.25) is 4.79 Å². The monoisotopic (exact) mass is 308 g/mol. The van der Waals surface area contributed by atoms with E-state index in [1.54, 1.807) is 11.3 Å². The highest BCUT2D eigenvalue weighted by Gasteiger charge is 2.11. The van der Waals surface area contributed by atoms with Crippen LogP contribution in [-0.4, -0.2) is 16.7 Å². The Morgan fingerprint density at radius 3 is 2.75 bits per heavy atom. The number of hydrogen-bond donors (Lipinski definition) is 2.